The molecule has 0 aliphatic heterocycles. The maximum absolute atomic E-state index is 12.1. The summed E-state index contributed by atoms with van der Waals surface area (Å²) in [6, 6.07) is 6.66. The zero-order valence-corrected chi connectivity index (χ0v) is 15.9. The van der Waals surface area contributed by atoms with Gasteiger partial charge in [0.25, 0.3) is 0 Å². The highest BCUT2D eigenvalue weighted by Gasteiger charge is 2.20. The highest BCUT2D eigenvalue weighted by molar-refractivity contribution is 6.31. The second-order valence-corrected chi connectivity index (χ2v) is 6.58. The van der Waals surface area contributed by atoms with E-state index in [1.807, 2.05) is 0 Å². The van der Waals surface area contributed by atoms with Gasteiger partial charge in [-0.15, -0.1) is 0 Å². The van der Waals surface area contributed by atoms with Gasteiger partial charge < -0.3 is 14.4 Å². The third kappa shape index (κ3) is 4.06. The molecule has 5 nitrogen and oxygen atoms in total. The highest BCUT2D eigenvalue weighted by Crippen LogP contribution is 2.42. The van der Waals surface area contributed by atoms with Crippen molar-refractivity contribution in [2.75, 3.05) is 19.0 Å². The van der Waals surface area contributed by atoms with Gasteiger partial charge in [-0.3, -0.25) is 0 Å². The lowest BCUT2D eigenvalue weighted by molar-refractivity contribution is -0.131. The maximum Gasteiger partial charge on any atom is 0.338 e. The standard InChI is InChI=1S/C20H20ClNO4/c1-11(2)19(23)25-17-10-16(22(5)6)18(26-20(24)12(3)4)14-8-7-13(21)9-15(14)17/h7-10H,1,3H2,2,4-6H3. The van der Waals surface area contributed by atoms with Gasteiger partial charge in [0.2, 0.25) is 0 Å². The molecule has 0 aromatic heterocycles. The van der Waals surface area contributed by atoms with Crippen LogP contribution in [0, 0.1) is 0 Å². The summed E-state index contributed by atoms with van der Waals surface area (Å²) in [5.74, 6) is -0.460. The number of anilines is 1. The molecule has 2 aromatic rings. The predicted molar refractivity (Wildman–Crippen MR) is 104 cm³/mol. The van der Waals surface area contributed by atoms with Gasteiger partial charge in [0.1, 0.15) is 5.75 Å². The van der Waals surface area contributed by atoms with Crippen LogP contribution in [0.4, 0.5) is 5.69 Å². The smallest absolute Gasteiger partial charge is 0.338 e. The molecule has 0 N–H and O–H groups in total. The van der Waals surface area contributed by atoms with Crippen molar-refractivity contribution in [1.82, 2.24) is 0 Å². The van der Waals surface area contributed by atoms with Crippen LogP contribution >= 0.6 is 11.6 Å². The zero-order valence-electron chi connectivity index (χ0n) is 15.2. The van der Waals surface area contributed by atoms with Crippen LogP contribution in [-0.2, 0) is 9.59 Å². The molecule has 0 radical (unpaired) electrons. The minimum atomic E-state index is -0.553. The number of hydrogen-bond donors (Lipinski definition) is 0. The Labute approximate surface area is 157 Å². The van der Waals surface area contributed by atoms with Crippen molar-refractivity contribution in [2.45, 2.75) is 13.8 Å². The van der Waals surface area contributed by atoms with Crippen molar-refractivity contribution >= 4 is 40.0 Å². The van der Waals surface area contributed by atoms with E-state index in [1.54, 1.807) is 57.1 Å². The molecular weight excluding hydrogens is 354 g/mol. The summed E-state index contributed by atoms with van der Waals surface area (Å²) in [4.78, 5) is 25.9. The number of carbonyl (C=O) groups is 2. The van der Waals surface area contributed by atoms with Gasteiger partial charge in [0.05, 0.1) is 5.69 Å². The number of esters is 2. The molecule has 0 aliphatic carbocycles. The molecule has 0 aliphatic rings. The largest absolute Gasteiger partial charge is 0.422 e. The number of nitrogens with zero attached hydrogens (tertiary/aromatic N) is 1. The molecule has 0 saturated heterocycles. The predicted octanol–water partition coefficient (Wildman–Crippen LogP) is 4.52. The minimum Gasteiger partial charge on any atom is -0.422 e. The maximum atomic E-state index is 12.1. The summed E-state index contributed by atoms with van der Waals surface area (Å²) < 4.78 is 11.0. The summed E-state index contributed by atoms with van der Waals surface area (Å²) in [5.41, 5.74) is 1.11. The number of rotatable bonds is 5. The molecule has 0 saturated carbocycles. The molecule has 0 heterocycles. The quantitative estimate of drug-likeness (QED) is 0.438. The van der Waals surface area contributed by atoms with Crippen molar-refractivity contribution in [3.05, 3.63) is 53.6 Å². The summed E-state index contributed by atoms with van der Waals surface area (Å²) in [6.45, 7) is 10.3. The molecule has 136 valence electrons. The number of halogens is 1. The number of hydrogen-bond acceptors (Lipinski definition) is 5. The van der Waals surface area contributed by atoms with Gasteiger partial charge in [-0.05, 0) is 32.0 Å². The number of ether oxygens (including phenoxy) is 2. The Bertz CT molecular complexity index is 931. The molecule has 26 heavy (non-hydrogen) atoms. The molecular formula is C20H20ClNO4. The van der Waals surface area contributed by atoms with Crippen LogP contribution in [0.2, 0.25) is 5.02 Å². The van der Waals surface area contributed by atoms with E-state index in [-0.39, 0.29) is 11.1 Å². The average molecular weight is 374 g/mol. The molecule has 0 bridgehead atoms. The lowest BCUT2D eigenvalue weighted by Gasteiger charge is -2.21. The molecule has 0 atom stereocenters. The fourth-order valence-corrected chi connectivity index (χ4v) is 2.39. The van der Waals surface area contributed by atoms with Crippen molar-refractivity contribution in [3.8, 4) is 11.5 Å². The molecule has 2 rings (SSSR count). The average Bonchev–Trinajstić information content (AvgIpc) is 2.55. The van der Waals surface area contributed by atoms with Crippen LogP contribution in [0.25, 0.3) is 10.8 Å². The first-order valence-electron chi connectivity index (χ1n) is 7.80. The first-order chi connectivity index (χ1) is 12.1. The molecule has 0 unspecified atom stereocenters. The Balaban J connectivity index is 2.76. The van der Waals surface area contributed by atoms with Crippen molar-refractivity contribution in [3.63, 3.8) is 0 Å². The van der Waals surface area contributed by atoms with E-state index < -0.39 is 11.9 Å². The molecule has 0 amide bonds. The van der Waals surface area contributed by atoms with Crippen LogP contribution in [0.1, 0.15) is 13.8 Å². The van der Waals surface area contributed by atoms with Gasteiger partial charge in [0.15, 0.2) is 5.75 Å². The van der Waals surface area contributed by atoms with E-state index in [1.165, 1.54) is 0 Å². The lowest BCUT2D eigenvalue weighted by Crippen LogP contribution is -2.16. The first kappa shape index (κ1) is 19.5. The summed E-state index contributed by atoms with van der Waals surface area (Å²) in [5, 5.41) is 1.59. The molecule has 2 aromatic carbocycles. The van der Waals surface area contributed by atoms with E-state index in [2.05, 4.69) is 13.2 Å². The van der Waals surface area contributed by atoms with Gasteiger partial charge in [0, 0.05) is 47.1 Å². The Morgan fingerprint density at radius 1 is 0.962 bits per heavy atom. The van der Waals surface area contributed by atoms with E-state index in [4.69, 9.17) is 21.1 Å². The Morgan fingerprint density at radius 2 is 1.54 bits per heavy atom. The van der Waals surface area contributed by atoms with E-state index in [0.717, 1.165) is 0 Å². The van der Waals surface area contributed by atoms with Crippen LogP contribution in [0.15, 0.2) is 48.6 Å². The Hall–Kier alpha value is -2.79. The van der Waals surface area contributed by atoms with Gasteiger partial charge >= 0.3 is 11.9 Å². The Kier molecular flexibility index (Phi) is 5.73. The molecule has 6 heteroatoms. The van der Waals surface area contributed by atoms with Crippen LogP contribution in [-0.4, -0.2) is 26.0 Å². The molecule has 0 fully saturated rings. The van der Waals surface area contributed by atoms with Gasteiger partial charge in [-0.25, -0.2) is 9.59 Å². The monoisotopic (exact) mass is 373 g/mol. The highest BCUT2D eigenvalue weighted by atomic mass is 35.5. The molecule has 0 spiro atoms. The summed E-state index contributed by atoms with van der Waals surface area (Å²) in [7, 11) is 3.58. The van der Waals surface area contributed by atoms with Gasteiger partial charge in [-0.2, -0.15) is 0 Å². The zero-order chi connectivity index (χ0) is 19.6. The SMILES string of the molecule is C=C(C)C(=O)Oc1cc(N(C)C)c(OC(=O)C(=C)C)c2ccc(Cl)cc12. The normalized spacial score (nSPS) is 10.3. The third-order valence-electron chi connectivity index (χ3n) is 3.57. The van der Waals surface area contributed by atoms with Crippen LogP contribution in [0.5, 0.6) is 11.5 Å². The van der Waals surface area contributed by atoms with E-state index in [9.17, 15) is 9.59 Å². The second kappa shape index (κ2) is 7.62. The second-order valence-electron chi connectivity index (χ2n) is 6.15. The number of carbonyl (C=O) groups excluding carboxylic acids is 2. The fourth-order valence-electron chi connectivity index (χ4n) is 2.21. The third-order valence-corrected chi connectivity index (χ3v) is 3.80. The van der Waals surface area contributed by atoms with E-state index in [0.29, 0.717) is 33.0 Å². The Morgan fingerprint density at radius 3 is 2.08 bits per heavy atom. The van der Waals surface area contributed by atoms with Crippen molar-refractivity contribution in [1.29, 1.82) is 0 Å². The topological polar surface area (TPSA) is 55.8 Å². The van der Waals surface area contributed by atoms with E-state index >= 15 is 0 Å². The fraction of sp³-hybridized carbons (Fsp3) is 0.200. The first-order valence-corrected chi connectivity index (χ1v) is 8.18. The number of benzene rings is 2. The lowest BCUT2D eigenvalue weighted by atomic mass is 10.1. The van der Waals surface area contributed by atoms with Gasteiger partial charge in [-0.1, -0.05) is 24.8 Å². The van der Waals surface area contributed by atoms with Crippen molar-refractivity contribution in [2.24, 2.45) is 0 Å². The summed E-state index contributed by atoms with van der Waals surface area (Å²) in [6.07, 6.45) is 0. The number of fused-ring (bicyclic) bond motifs is 1. The summed E-state index contributed by atoms with van der Waals surface area (Å²) >= 11 is 6.11. The van der Waals surface area contributed by atoms with Crippen LogP contribution < -0.4 is 14.4 Å². The van der Waals surface area contributed by atoms with Crippen LogP contribution in [0.3, 0.4) is 0 Å². The van der Waals surface area contributed by atoms with Crippen molar-refractivity contribution < 1.29 is 19.1 Å². The minimum absolute atomic E-state index is 0.268.